The number of fused-ring (bicyclic) bond motifs is 1. The summed E-state index contributed by atoms with van der Waals surface area (Å²) >= 11 is 0. The van der Waals surface area contributed by atoms with Crippen molar-refractivity contribution >= 4 is 23.1 Å². The Morgan fingerprint density at radius 1 is 0.935 bits per heavy atom. The quantitative estimate of drug-likeness (QED) is 0.318. The Hall–Kier alpha value is -4.06. The Kier molecular flexibility index (Phi) is 6.28. The van der Waals surface area contributed by atoms with Gasteiger partial charge in [0, 0.05) is 17.4 Å². The predicted molar refractivity (Wildman–Crippen MR) is 119 cm³/mol. The van der Waals surface area contributed by atoms with Crippen molar-refractivity contribution in [2.45, 2.75) is 13.2 Å². The summed E-state index contributed by atoms with van der Waals surface area (Å²) in [6, 6.07) is 28.1. The average molecular weight is 414 g/mol. The number of benzene rings is 3. The minimum atomic E-state index is -1.07. The van der Waals surface area contributed by atoms with Crippen LogP contribution in [-0.2, 0) is 22.8 Å². The van der Waals surface area contributed by atoms with Gasteiger partial charge >= 0.3 is 5.97 Å². The molecule has 0 aliphatic carbocycles. The van der Waals surface area contributed by atoms with Crippen LogP contribution in [0.3, 0.4) is 0 Å². The molecule has 156 valence electrons. The molecule has 6 heteroatoms. The van der Waals surface area contributed by atoms with Crippen molar-refractivity contribution in [1.29, 1.82) is 0 Å². The van der Waals surface area contributed by atoms with Crippen LogP contribution in [0.15, 0.2) is 90.1 Å². The molecule has 31 heavy (non-hydrogen) atoms. The van der Waals surface area contributed by atoms with Crippen LogP contribution in [0.4, 0.5) is 0 Å². The Labute approximate surface area is 180 Å². The van der Waals surface area contributed by atoms with Gasteiger partial charge in [-0.05, 0) is 35.4 Å². The van der Waals surface area contributed by atoms with Crippen LogP contribution >= 0.6 is 0 Å². The molecule has 1 N–H and O–H groups in total. The number of aromatic nitrogens is 1. The lowest BCUT2D eigenvalue weighted by Crippen LogP contribution is -2.06. The van der Waals surface area contributed by atoms with E-state index in [1.54, 1.807) is 0 Å². The molecule has 0 aliphatic rings. The largest absolute Gasteiger partial charge is 0.489 e. The van der Waals surface area contributed by atoms with Crippen molar-refractivity contribution in [3.8, 4) is 5.75 Å². The minimum absolute atomic E-state index is 0.479. The summed E-state index contributed by atoms with van der Waals surface area (Å²) in [5.41, 5.74) is 4.08. The smallest absolute Gasteiger partial charge is 0.344 e. The Bertz CT molecular complexity index is 1180. The maximum atomic E-state index is 10.6. The van der Waals surface area contributed by atoms with E-state index in [0.29, 0.717) is 13.2 Å². The van der Waals surface area contributed by atoms with E-state index in [2.05, 4.69) is 21.9 Å². The fourth-order valence-corrected chi connectivity index (χ4v) is 3.33. The van der Waals surface area contributed by atoms with E-state index in [-0.39, 0.29) is 0 Å². The number of hydrogen-bond donors (Lipinski definition) is 1. The van der Waals surface area contributed by atoms with Crippen molar-refractivity contribution in [2.75, 3.05) is 6.61 Å². The lowest BCUT2D eigenvalue weighted by atomic mass is 10.2. The summed E-state index contributed by atoms with van der Waals surface area (Å²) in [4.78, 5) is 15.5. The summed E-state index contributed by atoms with van der Waals surface area (Å²) in [6.07, 6.45) is 1.54. The average Bonchev–Trinajstić information content (AvgIpc) is 3.13. The molecular formula is C25H22N2O4. The first-order chi connectivity index (χ1) is 15.2. The van der Waals surface area contributed by atoms with Gasteiger partial charge in [-0.25, -0.2) is 4.79 Å². The molecule has 0 amide bonds. The number of hydrogen-bond acceptors (Lipinski definition) is 4. The van der Waals surface area contributed by atoms with Gasteiger partial charge in [0.05, 0.1) is 11.9 Å². The standard InChI is InChI=1S/C25H22N2O4/c28-25(29)18-31-26-15-22-13-21-14-23(30-17-20-9-5-2-6-10-20)11-12-24(21)27(22)16-19-7-3-1-4-8-19/h1-15H,16-18H2,(H,28,29). The monoisotopic (exact) mass is 414 g/mol. The first-order valence-corrected chi connectivity index (χ1v) is 9.90. The van der Waals surface area contributed by atoms with Gasteiger partial charge in [-0.15, -0.1) is 0 Å². The highest BCUT2D eigenvalue weighted by Gasteiger charge is 2.10. The molecule has 0 saturated heterocycles. The fourth-order valence-electron chi connectivity index (χ4n) is 3.33. The van der Waals surface area contributed by atoms with E-state index in [1.807, 2.05) is 72.8 Å². The fraction of sp³-hybridized carbons (Fsp3) is 0.120. The molecule has 1 aromatic heterocycles. The topological polar surface area (TPSA) is 73.1 Å². The van der Waals surface area contributed by atoms with Gasteiger partial charge in [-0.2, -0.15) is 0 Å². The molecule has 0 radical (unpaired) electrons. The third kappa shape index (κ3) is 5.30. The molecule has 0 spiro atoms. The van der Waals surface area contributed by atoms with E-state index in [1.165, 1.54) is 6.21 Å². The molecule has 4 aromatic rings. The second-order valence-corrected chi connectivity index (χ2v) is 7.04. The van der Waals surface area contributed by atoms with Crippen molar-refractivity contribution in [2.24, 2.45) is 5.16 Å². The molecule has 0 bridgehead atoms. The van der Waals surface area contributed by atoms with Gasteiger partial charge in [0.15, 0.2) is 0 Å². The second kappa shape index (κ2) is 9.63. The normalized spacial score (nSPS) is 11.1. The van der Waals surface area contributed by atoms with Crippen LogP contribution in [0.1, 0.15) is 16.8 Å². The second-order valence-electron chi connectivity index (χ2n) is 7.04. The van der Waals surface area contributed by atoms with Crippen LogP contribution < -0.4 is 4.74 Å². The SMILES string of the molecule is O=C(O)CON=Cc1cc2cc(OCc3ccccc3)ccc2n1Cc1ccccc1. The number of oxime groups is 1. The molecule has 3 aromatic carbocycles. The zero-order valence-electron chi connectivity index (χ0n) is 16.8. The molecule has 0 atom stereocenters. The van der Waals surface area contributed by atoms with E-state index < -0.39 is 12.6 Å². The molecule has 0 saturated carbocycles. The lowest BCUT2D eigenvalue weighted by molar-refractivity contribution is -0.142. The number of rotatable bonds is 9. The van der Waals surface area contributed by atoms with Crippen molar-refractivity contribution in [3.05, 3.63) is 102 Å². The highest BCUT2D eigenvalue weighted by atomic mass is 16.6. The number of nitrogens with zero attached hydrogens (tertiary/aromatic N) is 2. The van der Waals surface area contributed by atoms with E-state index in [4.69, 9.17) is 14.7 Å². The summed E-state index contributed by atoms with van der Waals surface area (Å²) < 4.78 is 8.07. The van der Waals surface area contributed by atoms with Crippen LogP contribution in [-0.4, -0.2) is 28.5 Å². The zero-order chi connectivity index (χ0) is 21.5. The number of ether oxygens (including phenoxy) is 1. The summed E-state index contributed by atoms with van der Waals surface area (Å²) in [5, 5.41) is 13.5. The highest BCUT2D eigenvalue weighted by molar-refractivity contribution is 5.91. The van der Waals surface area contributed by atoms with Gasteiger partial charge in [-0.1, -0.05) is 65.8 Å². The number of aliphatic carboxylic acids is 1. The van der Waals surface area contributed by atoms with Crippen molar-refractivity contribution in [3.63, 3.8) is 0 Å². The maximum absolute atomic E-state index is 10.6. The van der Waals surface area contributed by atoms with E-state index >= 15 is 0 Å². The molecule has 0 aliphatic heterocycles. The third-order valence-electron chi connectivity index (χ3n) is 4.78. The van der Waals surface area contributed by atoms with Gasteiger partial charge in [0.2, 0.25) is 6.61 Å². The Morgan fingerprint density at radius 3 is 2.35 bits per heavy atom. The molecule has 6 nitrogen and oxygen atoms in total. The Morgan fingerprint density at radius 2 is 1.65 bits per heavy atom. The Balaban J connectivity index is 1.61. The summed E-state index contributed by atoms with van der Waals surface area (Å²) in [7, 11) is 0. The van der Waals surface area contributed by atoms with E-state index in [0.717, 1.165) is 33.5 Å². The predicted octanol–water partition coefficient (Wildman–Crippen LogP) is 4.70. The molecular weight excluding hydrogens is 392 g/mol. The van der Waals surface area contributed by atoms with Gasteiger partial charge in [0.25, 0.3) is 0 Å². The minimum Gasteiger partial charge on any atom is -0.489 e. The summed E-state index contributed by atoms with van der Waals surface area (Å²) in [6.45, 7) is 0.663. The van der Waals surface area contributed by atoms with E-state index in [9.17, 15) is 4.79 Å². The first-order valence-electron chi connectivity index (χ1n) is 9.90. The molecule has 0 fully saturated rings. The van der Waals surface area contributed by atoms with Crippen LogP contribution in [0.25, 0.3) is 10.9 Å². The highest BCUT2D eigenvalue weighted by Crippen LogP contribution is 2.26. The number of carboxylic acid groups (broad SMARTS) is 1. The lowest BCUT2D eigenvalue weighted by Gasteiger charge is -2.10. The molecule has 0 unspecified atom stereocenters. The number of carboxylic acids is 1. The van der Waals surface area contributed by atoms with Crippen LogP contribution in [0.2, 0.25) is 0 Å². The van der Waals surface area contributed by atoms with Gasteiger partial charge < -0.3 is 19.2 Å². The zero-order valence-corrected chi connectivity index (χ0v) is 16.8. The van der Waals surface area contributed by atoms with Crippen LogP contribution in [0.5, 0.6) is 5.75 Å². The third-order valence-corrected chi connectivity index (χ3v) is 4.78. The first kappa shape index (κ1) is 20.2. The molecule has 4 rings (SSSR count). The van der Waals surface area contributed by atoms with Crippen molar-refractivity contribution < 1.29 is 19.5 Å². The van der Waals surface area contributed by atoms with Crippen LogP contribution in [0, 0.1) is 0 Å². The van der Waals surface area contributed by atoms with Gasteiger partial charge in [0.1, 0.15) is 12.4 Å². The van der Waals surface area contributed by atoms with Gasteiger partial charge in [-0.3, -0.25) is 0 Å². The van der Waals surface area contributed by atoms with Crippen molar-refractivity contribution in [1.82, 2.24) is 4.57 Å². The molecule has 1 heterocycles. The maximum Gasteiger partial charge on any atom is 0.344 e. The number of carbonyl (C=O) groups is 1. The summed E-state index contributed by atoms with van der Waals surface area (Å²) in [5.74, 6) is -0.291.